The number of rotatable bonds is 2. The van der Waals surface area contributed by atoms with Gasteiger partial charge in [-0.2, -0.15) is 13.2 Å². The van der Waals surface area contributed by atoms with Gasteiger partial charge in [-0.3, -0.25) is 9.71 Å². The van der Waals surface area contributed by atoms with Crippen molar-refractivity contribution < 1.29 is 17.4 Å². The summed E-state index contributed by atoms with van der Waals surface area (Å²) in [5.74, 6) is 0. The lowest BCUT2D eigenvalue weighted by Crippen LogP contribution is -2.37. The topological polar surface area (TPSA) is 68.0 Å². The molecule has 4 nitrogen and oxygen atoms in total. The lowest BCUT2D eigenvalue weighted by atomic mass is 10.2. The highest BCUT2D eigenvalue weighted by molar-refractivity contribution is 8.01. The van der Waals surface area contributed by atoms with Crippen molar-refractivity contribution in [3.05, 3.63) is 29.6 Å². The van der Waals surface area contributed by atoms with Crippen LogP contribution in [0.3, 0.4) is 0 Å². The second-order valence-electron chi connectivity index (χ2n) is 3.80. The Kier molecular flexibility index (Phi) is 4.41. The number of nitrogens with zero attached hydrogens (tertiary/aromatic N) is 1. The number of pyridine rings is 1. The molecule has 0 radical (unpaired) electrons. The Morgan fingerprint density at radius 1 is 1.47 bits per heavy atom. The number of thiocarbonyl (C=S) groups is 1. The second kappa shape index (κ2) is 5.33. The Morgan fingerprint density at radius 3 is 2.42 bits per heavy atom. The van der Waals surface area contributed by atoms with Gasteiger partial charge in [0.2, 0.25) is 0 Å². The van der Waals surface area contributed by atoms with Crippen molar-refractivity contribution >= 4 is 31.9 Å². The van der Waals surface area contributed by atoms with Crippen LogP contribution in [0.25, 0.3) is 0 Å². The molecule has 0 amide bonds. The third kappa shape index (κ3) is 4.06. The smallest absolute Gasteiger partial charge is 0.376 e. The number of aromatic nitrogens is 1. The van der Waals surface area contributed by atoms with E-state index in [0.717, 1.165) is 12.3 Å². The first-order valence-corrected chi connectivity index (χ1v) is 7.35. The van der Waals surface area contributed by atoms with Crippen LogP contribution in [0.2, 0.25) is 0 Å². The van der Waals surface area contributed by atoms with E-state index < -0.39 is 21.6 Å². The van der Waals surface area contributed by atoms with Gasteiger partial charge in [-0.05, 0) is 25.2 Å². The van der Waals surface area contributed by atoms with Gasteiger partial charge >= 0.3 is 6.18 Å². The van der Waals surface area contributed by atoms with E-state index >= 15 is 0 Å². The summed E-state index contributed by atoms with van der Waals surface area (Å²) >= 11 is 4.59. The molecule has 0 spiro atoms. The monoisotopic (exact) mass is 311 g/mol. The Bertz CT molecular complexity index is 601. The molecule has 0 aromatic carbocycles. The Hall–Kier alpha value is -1.35. The molecule has 1 rings (SSSR count). The number of nitrogens with two attached hydrogens (primary N) is 1. The number of hydrogen-bond acceptors (Lipinski definition) is 3. The van der Waals surface area contributed by atoms with Gasteiger partial charge in [-0.25, -0.2) is 4.21 Å². The molecule has 1 aromatic heterocycles. The van der Waals surface area contributed by atoms with E-state index in [1.807, 2.05) is 0 Å². The first-order valence-electron chi connectivity index (χ1n) is 4.97. The van der Waals surface area contributed by atoms with Gasteiger partial charge in [0.15, 0.2) is 5.11 Å². The van der Waals surface area contributed by atoms with Crippen molar-refractivity contribution in [2.24, 2.45) is 5.73 Å². The lowest BCUT2D eigenvalue weighted by molar-refractivity contribution is -0.141. The molecule has 0 aliphatic carbocycles. The van der Waals surface area contributed by atoms with Crippen molar-refractivity contribution in [2.75, 3.05) is 6.26 Å². The molecular weight excluding hydrogens is 299 g/mol. The minimum absolute atomic E-state index is 0.147. The van der Waals surface area contributed by atoms with Gasteiger partial charge in [0.05, 0.1) is 9.71 Å². The first-order chi connectivity index (χ1) is 8.54. The minimum Gasteiger partial charge on any atom is -0.376 e. The van der Waals surface area contributed by atoms with Crippen molar-refractivity contribution in [1.82, 2.24) is 9.71 Å². The van der Waals surface area contributed by atoms with Crippen LogP contribution in [0.4, 0.5) is 13.2 Å². The van der Waals surface area contributed by atoms with Crippen LogP contribution in [0, 0.1) is 0 Å². The highest BCUT2D eigenvalue weighted by Gasteiger charge is 2.32. The van der Waals surface area contributed by atoms with E-state index in [4.69, 9.17) is 5.73 Å². The fourth-order valence-corrected chi connectivity index (χ4v) is 2.85. The highest BCUT2D eigenvalue weighted by Crippen LogP contribution is 2.27. The number of halogens is 3. The van der Waals surface area contributed by atoms with Crippen molar-refractivity contribution in [2.45, 2.75) is 13.1 Å². The van der Waals surface area contributed by atoms with Gasteiger partial charge < -0.3 is 5.73 Å². The number of nitrogens with one attached hydrogen (secondary N) is 1. The summed E-state index contributed by atoms with van der Waals surface area (Å²) in [4.78, 5) is 3.62. The second-order valence-corrected chi connectivity index (χ2v) is 6.74. The lowest BCUT2D eigenvalue weighted by Gasteiger charge is -2.13. The fraction of sp³-hybridized carbons (Fsp3) is 0.300. The Labute approximate surface area is 114 Å². The van der Waals surface area contributed by atoms with E-state index in [1.165, 1.54) is 19.2 Å². The molecule has 1 aromatic rings. The van der Waals surface area contributed by atoms with E-state index in [9.17, 15) is 17.4 Å². The summed E-state index contributed by atoms with van der Waals surface area (Å²) in [6, 6.07) is 2.03. The van der Waals surface area contributed by atoms with Crippen LogP contribution in [0.1, 0.15) is 18.2 Å². The minimum atomic E-state index is -4.50. The first kappa shape index (κ1) is 15.7. The highest BCUT2D eigenvalue weighted by atomic mass is 32.2. The molecule has 0 bridgehead atoms. The van der Waals surface area contributed by atoms with Gasteiger partial charge in [0.25, 0.3) is 0 Å². The maximum atomic E-state index is 12.4. The Morgan fingerprint density at radius 2 is 2.05 bits per heavy atom. The number of hydrogen-bond donors (Lipinski definition) is 2. The maximum Gasteiger partial charge on any atom is 0.433 e. The van der Waals surface area contributed by atoms with Gasteiger partial charge in [0, 0.05) is 22.9 Å². The van der Waals surface area contributed by atoms with E-state index in [0.29, 0.717) is 10.4 Å². The predicted octanol–water partition coefficient (Wildman–Crippen LogP) is 1.30. The Balaban J connectivity index is 3.22. The molecule has 0 aliphatic heterocycles. The zero-order valence-corrected chi connectivity index (χ0v) is 11.7. The molecule has 0 saturated carbocycles. The summed E-state index contributed by atoms with van der Waals surface area (Å²) in [6.45, 7) is 1.51. The maximum absolute atomic E-state index is 12.4. The molecule has 19 heavy (non-hydrogen) atoms. The molecule has 1 unspecified atom stereocenters. The van der Waals surface area contributed by atoms with Crippen molar-refractivity contribution in [3.8, 4) is 0 Å². The number of alkyl halides is 3. The fourth-order valence-electron chi connectivity index (χ4n) is 1.26. The molecule has 106 valence electrons. The third-order valence-corrected chi connectivity index (χ3v) is 4.59. The average molecular weight is 311 g/mol. The SMILES string of the molecule is CC(c1ccc(C(F)(F)F)nc1)=S(C)(=O)NC(N)=S. The summed E-state index contributed by atoms with van der Waals surface area (Å²) in [6.07, 6.45) is -2.13. The molecule has 1 heterocycles. The summed E-state index contributed by atoms with van der Waals surface area (Å²) in [5.41, 5.74) is 4.56. The molecule has 1 atom stereocenters. The summed E-state index contributed by atoms with van der Waals surface area (Å²) < 4.78 is 51.7. The normalized spacial score (nSPS) is 14.6. The van der Waals surface area contributed by atoms with Crippen LogP contribution in [-0.4, -0.2) is 25.4 Å². The van der Waals surface area contributed by atoms with E-state index in [2.05, 4.69) is 21.9 Å². The zero-order chi connectivity index (χ0) is 14.8. The molecule has 0 saturated heterocycles. The van der Waals surface area contributed by atoms with Crippen molar-refractivity contribution in [1.29, 1.82) is 0 Å². The average Bonchev–Trinajstić information content (AvgIpc) is 2.25. The zero-order valence-electron chi connectivity index (χ0n) is 10.1. The van der Waals surface area contributed by atoms with Crippen LogP contribution < -0.4 is 10.5 Å². The van der Waals surface area contributed by atoms with Crippen LogP contribution in [0.5, 0.6) is 0 Å². The van der Waals surface area contributed by atoms with Crippen LogP contribution >= 0.6 is 12.2 Å². The predicted molar refractivity (Wildman–Crippen MR) is 73.0 cm³/mol. The summed E-state index contributed by atoms with van der Waals surface area (Å²) in [7, 11) is -2.73. The quantitative estimate of drug-likeness (QED) is 0.638. The molecular formula is C10H12F3N3OS2. The standard InChI is InChI=1S/C10H12F3N3OS2/c1-6(19(2,17)16-9(14)18)7-3-4-8(15-5-7)10(11,12)13/h3-5H,1-2H3,(H3,14,16,17,18). The van der Waals surface area contributed by atoms with Gasteiger partial charge in [-0.1, -0.05) is 6.07 Å². The van der Waals surface area contributed by atoms with Crippen LogP contribution in [0.15, 0.2) is 18.3 Å². The molecule has 9 heteroatoms. The third-order valence-electron chi connectivity index (χ3n) is 2.34. The molecule has 0 aliphatic rings. The summed E-state index contributed by atoms with van der Waals surface area (Å²) in [5, 5.41) is -0.147. The van der Waals surface area contributed by atoms with Crippen LogP contribution in [-0.2, 0) is 15.9 Å². The van der Waals surface area contributed by atoms with E-state index in [-0.39, 0.29) is 5.11 Å². The van der Waals surface area contributed by atoms with Crippen molar-refractivity contribution in [3.63, 3.8) is 0 Å². The van der Waals surface area contributed by atoms with E-state index in [1.54, 1.807) is 0 Å². The van der Waals surface area contributed by atoms with Gasteiger partial charge in [-0.15, -0.1) is 0 Å². The molecule has 0 fully saturated rings. The van der Waals surface area contributed by atoms with Gasteiger partial charge in [0.1, 0.15) is 5.69 Å². The largest absolute Gasteiger partial charge is 0.433 e. The molecule has 3 N–H and O–H groups in total.